The van der Waals surface area contributed by atoms with Crippen molar-refractivity contribution in [3.8, 4) is 0 Å². The van der Waals surface area contributed by atoms with Crippen LogP contribution in [0, 0.1) is 0 Å². The normalized spacial score (nSPS) is 31.1. The molecule has 8 heteroatoms. The maximum absolute atomic E-state index is 11.5. The molecule has 2 rings (SSSR count). The first kappa shape index (κ1) is 17.4. The second-order valence-electron chi connectivity index (χ2n) is 4.23. The van der Waals surface area contributed by atoms with Gasteiger partial charge in [0.2, 0.25) is 0 Å². The Kier molecular flexibility index (Phi) is 7.28. The first-order valence-corrected chi connectivity index (χ1v) is 7.11. The van der Waals surface area contributed by atoms with E-state index in [1.165, 1.54) is 0 Å². The van der Waals surface area contributed by atoms with Gasteiger partial charge in [-0.3, -0.25) is 4.90 Å². The van der Waals surface area contributed by atoms with Gasteiger partial charge in [-0.05, 0) is 0 Å². The van der Waals surface area contributed by atoms with Crippen molar-refractivity contribution in [2.24, 2.45) is 0 Å². The van der Waals surface area contributed by atoms with Crippen LogP contribution >= 0.6 is 24.8 Å². The summed E-state index contributed by atoms with van der Waals surface area (Å²) in [7, 11) is -1.16. The van der Waals surface area contributed by atoms with E-state index in [9.17, 15) is 8.42 Å². The molecule has 2 heterocycles. The van der Waals surface area contributed by atoms with Crippen LogP contribution in [0.25, 0.3) is 0 Å². The quantitative estimate of drug-likeness (QED) is 0.765. The Morgan fingerprint density at radius 3 is 2.71 bits per heavy atom. The number of hydrogen-bond donors (Lipinski definition) is 1. The number of piperazine rings is 1. The third-order valence-electron chi connectivity index (χ3n) is 3.18. The number of nitrogens with one attached hydrogen (secondary N) is 1. The molecule has 0 aromatic heterocycles. The van der Waals surface area contributed by atoms with Crippen LogP contribution in [0.5, 0.6) is 0 Å². The van der Waals surface area contributed by atoms with Crippen LogP contribution in [-0.2, 0) is 14.6 Å². The lowest BCUT2D eigenvalue weighted by atomic mass is 10.1. The lowest BCUT2D eigenvalue weighted by molar-refractivity contribution is 0.0981. The third-order valence-corrected chi connectivity index (χ3v) is 4.90. The van der Waals surface area contributed by atoms with Crippen molar-refractivity contribution in [1.82, 2.24) is 10.2 Å². The first-order chi connectivity index (χ1) is 7.12. The van der Waals surface area contributed by atoms with Gasteiger partial charge in [0.1, 0.15) is 0 Å². The molecule has 0 saturated carbocycles. The lowest BCUT2D eigenvalue weighted by Crippen LogP contribution is -2.57. The Bertz CT molecular complexity index is 326. The fraction of sp³-hybridized carbons (Fsp3) is 1.00. The average Bonchev–Trinajstić information content (AvgIpc) is 2.49. The highest BCUT2D eigenvalue weighted by molar-refractivity contribution is 7.91. The van der Waals surface area contributed by atoms with Crippen LogP contribution in [0.15, 0.2) is 0 Å². The van der Waals surface area contributed by atoms with Crippen molar-refractivity contribution in [3.05, 3.63) is 0 Å². The smallest absolute Gasteiger partial charge is 0.153 e. The highest BCUT2D eigenvalue weighted by Gasteiger charge is 2.42. The zero-order valence-corrected chi connectivity index (χ0v) is 12.2. The highest BCUT2D eigenvalue weighted by atomic mass is 35.5. The minimum absolute atomic E-state index is 0. The standard InChI is InChI=1S/C9H18N2O3S.2ClH/c1-14-5-4-11-3-2-10-8-6-15(12,13)7-9(8)11;;/h8-10H,2-7H2,1H3;2*1H/t8-,9+;;/m0../s1. The van der Waals surface area contributed by atoms with E-state index in [1.807, 2.05) is 0 Å². The van der Waals surface area contributed by atoms with Gasteiger partial charge >= 0.3 is 0 Å². The van der Waals surface area contributed by atoms with E-state index in [0.29, 0.717) is 18.1 Å². The Morgan fingerprint density at radius 2 is 2.06 bits per heavy atom. The number of fused-ring (bicyclic) bond motifs is 1. The van der Waals surface area contributed by atoms with E-state index >= 15 is 0 Å². The molecule has 17 heavy (non-hydrogen) atoms. The maximum atomic E-state index is 11.5. The van der Waals surface area contributed by atoms with Crippen LogP contribution in [0.3, 0.4) is 0 Å². The van der Waals surface area contributed by atoms with Gasteiger partial charge in [-0.1, -0.05) is 0 Å². The summed E-state index contributed by atoms with van der Waals surface area (Å²) in [5, 5.41) is 3.28. The molecule has 0 unspecified atom stereocenters. The molecule has 1 N–H and O–H groups in total. The van der Waals surface area contributed by atoms with Gasteiger partial charge < -0.3 is 10.1 Å². The van der Waals surface area contributed by atoms with Crippen molar-refractivity contribution in [3.63, 3.8) is 0 Å². The van der Waals surface area contributed by atoms with E-state index < -0.39 is 9.84 Å². The summed E-state index contributed by atoms with van der Waals surface area (Å²) >= 11 is 0. The average molecular weight is 307 g/mol. The van der Waals surface area contributed by atoms with E-state index in [4.69, 9.17) is 4.74 Å². The number of halogens is 2. The summed E-state index contributed by atoms with van der Waals surface area (Å²) in [6.45, 7) is 3.29. The van der Waals surface area contributed by atoms with E-state index in [-0.39, 0.29) is 36.9 Å². The Balaban J connectivity index is 0.00000128. The summed E-state index contributed by atoms with van der Waals surface area (Å²) in [5.74, 6) is 0.593. The van der Waals surface area contributed by atoms with Crippen molar-refractivity contribution in [2.75, 3.05) is 44.9 Å². The van der Waals surface area contributed by atoms with Gasteiger partial charge in [-0.25, -0.2) is 8.42 Å². The van der Waals surface area contributed by atoms with Gasteiger partial charge in [0, 0.05) is 38.8 Å². The number of hydrogen-bond acceptors (Lipinski definition) is 5. The number of nitrogens with zero attached hydrogens (tertiary/aromatic N) is 1. The van der Waals surface area contributed by atoms with Crippen molar-refractivity contribution >= 4 is 34.7 Å². The molecule has 0 aromatic rings. The van der Waals surface area contributed by atoms with Gasteiger partial charge in [0.05, 0.1) is 18.1 Å². The maximum Gasteiger partial charge on any atom is 0.153 e. The largest absolute Gasteiger partial charge is 0.383 e. The monoisotopic (exact) mass is 306 g/mol. The van der Waals surface area contributed by atoms with Crippen LogP contribution < -0.4 is 5.32 Å². The molecule has 2 saturated heterocycles. The molecule has 0 aromatic carbocycles. The second kappa shape index (κ2) is 7.11. The molecule has 2 aliphatic rings. The Labute approximate surface area is 115 Å². The molecule has 5 nitrogen and oxygen atoms in total. The molecular formula is C9H20Cl2N2O3S. The van der Waals surface area contributed by atoms with Gasteiger partial charge in [-0.2, -0.15) is 0 Å². The van der Waals surface area contributed by atoms with Gasteiger partial charge in [-0.15, -0.1) is 24.8 Å². The minimum Gasteiger partial charge on any atom is -0.383 e. The molecule has 104 valence electrons. The summed E-state index contributed by atoms with van der Waals surface area (Å²) in [6.07, 6.45) is 0. The molecule has 0 radical (unpaired) electrons. The lowest BCUT2D eigenvalue weighted by Gasteiger charge is -2.37. The zero-order chi connectivity index (χ0) is 10.9. The third kappa shape index (κ3) is 4.22. The predicted octanol–water partition coefficient (Wildman–Crippen LogP) is -0.453. The SMILES string of the molecule is COCCN1CCN[C@H]2CS(=O)(=O)C[C@H]21.Cl.Cl. The first-order valence-electron chi connectivity index (χ1n) is 5.29. The van der Waals surface area contributed by atoms with Crippen molar-refractivity contribution in [2.45, 2.75) is 12.1 Å². The van der Waals surface area contributed by atoms with Crippen LogP contribution in [-0.4, -0.2) is 70.3 Å². The van der Waals surface area contributed by atoms with E-state index in [2.05, 4.69) is 10.2 Å². The molecule has 2 atom stereocenters. The molecule has 0 spiro atoms. The molecule has 0 amide bonds. The number of sulfone groups is 1. The van der Waals surface area contributed by atoms with Crippen LogP contribution in [0.2, 0.25) is 0 Å². The van der Waals surface area contributed by atoms with Crippen molar-refractivity contribution in [1.29, 1.82) is 0 Å². The molecular weight excluding hydrogens is 287 g/mol. The number of methoxy groups -OCH3 is 1. The Morgan fingerprint density at radius 1 is 1.35 bits per heavy atom. The van der Waals surface area contributed by atoms with Gasteiger partial charge in [0.15, 0.2) is 9.84 Å². The summed E-state index contributed by atoms with van der Waals surface area (Å²) < 4.78 is 28.1. The van der Waals surface area contributed by atoms with E-state index in [1.54, 1.807) is 7.11 Å². The topological polar surface area (TPSA) is 58.6 Å². The molecule has 0 bridgehead atoms. The second-order valence-corrected chi connectivity index (χ2v) is 6.39. The minimum atomic E-state index is -2.83. The molecule has 2 fully saturated rings. The number of ether oxygens (including phenoxy) is 1. The highest BCUT2D eigenvalue weighted by Crippen LogP contribution is 2.20. The van der Waals surface area contributed by atoms with Crippen LogP contribution in [0.4, 0.5) is 0 Å². The van der Waals surface area contributed by atoms with Gasteiger partial charge in [0.25, 0.3) is 0 Å². The summed E-state index contributed by atoms with van der Waals surface area (Å²) in [6, 6.07) is 0.277. The predicted molar refractivity (Wildman–Crippen MR) is 72.2 cm³/mol. The number of rotatable bonds is 3. The summed E-state index contributed by atoms with van der Waals surface area (Å²) in [4.78, 5) is 2.23. The molecule has 0 aliphatic carbocycles. The Hall–Kier alpha value is 0.410. The fourth-order valence-electron chi connectivity index (χ4n) is 2.43. The van der Waals surface area contributed by atoms with Crippen LogP contribution in [0.1, 0.15) is 0 Å². The van der Waals surface area contributed by atoms with Crippen molar-refractivity contribution < 1.29 is 13.2 Å². The fourth-order valence-corrected chi connectivity index (χ4v) is 4.42. The zero-order valence-electron chi connectivity index (χ0n) is 9.79. The summed E-state index contributed by atoms with van der Waals surface area (Å²) in [5.41, 5.74) is 0. The van der Waals surface area contributed by atoms with E-state index in [0.717, 1.165) is 19.6 Å². The molecule has 2 aliphatic heterocycles.